The van der Waals surface area contributed by atoms with E-state index in [0.717, 1.165) is 15.7 Å². The molecule has 4 heteroatoms. The molecule has 1 N–H and O–H groups in total. The molecule has 2 rings (SSSR count). The van der Waals surface area contributed by atoms with Gasteiger partial charge in [0.1, 0.15) is 17.4 Å². The third-order valence-corrected chi connectivity index (χ3v) is 3.43. The minimum absolute atomic E-state index is 0.0224. The second-order valence-electron chi connectivity index (χ2n) is 3.86. The summed E-state index contributed by atoms with van der Waals surface area (Å²) < 4.78 is 14.4. The summed E-state index contributed by atoms with van der Waals surface area (Å²) >= 11 is 3.43. The van der Waals surface area contributed by atoms with Crippen molar-refractivity contribution >= 4 is 27.3 Å². The smallest absolute Gasteiger partial charge is 0.143 e. The highest BCUT2D eigenvalue weighted by atomic mass is 79.9. The fraction of sp³-hybridized carbons (Fsp3) is 0.0714. The summed E-state index contributed by atoms with van der Waals surface area (Å²) in [6.07, 6.45) is 0. The molecule has 0 unspecified atom stereocenters. The van der Waals surface area contributed by atoms with Gasteiger partial charge in [0.15, 0.2) is 0 Å². The van der Waals surface area contributed by atoms with Crippen LogP contribution in [0, 0.1) is 24.1 Å². The lowest BCUT2D eigenvalue weighted by atomic mass is 10.1. The van der Waals surface area contributed by atoms with Crippen LogP contribution in [0.4, 0.5) is 15.8 Å². The Kier molecular flexibility index (Phi) is 3.63. The quantitative estimate of drug-likeness (QED) is 0.886. The number of nitriles is 1. The third-order valence-electron chi connectivity index (χ3n) is 2.58. The maximum atomic E-state index is 13.4. The predicted octanol–water partition coefficient (Wildman–Crippen LogP) is 4.51. The number of benzene rings is 2. The Hall–Kier alpha value is -1.86. The molecule has 0 radical (unpaired) electrons. The minimum atomic E-state index is -0.520. The Labute approximate surface area is 113 Å². The van der Waals surface area contributed by atoms with E-state index in [1.54, 1.807) is 12.1 Å². The Balaban J connectivity index is 2.37. The summed E-state index contributed by atoms with van der Waals surface area (Å²) in [5.41, 5.74) is 2.40. The lowest BCUT2D eigenvalue weighted by Gasteiger charge is -2.09. The van der Waals surface area contributed by atoms with E-state index in [0.29, 0.717) is 5.69 Å². The molecule has 0 heterocycles. The van der Waals surface area contributed by atoms with Gasteiger partial charge in [0.25, 0.3) is 0 Å². The van der Waals surface area contributed by atoms with Gasteiger partial charge in [-0.25, -0.2) is 4.39 Å². The van der Waals surface area contributed by atoms with E-state index in [2.05, 4.69) is 21.2 Å². The largest absolute Gasteiger partial charge is 0.354 e. The van der Waals surface area contributed by atoms with E-state index in [-0.39, 0.29) is 5.56 Å². The highest BCUT2D eigenvalue weighted by Gasteiger charge is 2.08. The van der Waals surface area contributed by atoms with Crippen LogP contribution in [0.15, 0.2) is 40.9 Å². The molecule has 2 aromatic carbocycles. The number of nitrogens with one attached hydrogen (secondary N) is 1. The zero-order chi connectivity index (χ0) is 13.1. The molecular formula is C14H10BrFN2. The highest BCUT2D eigenvalue weighted by molar-refractivity contribution is 9.10. The summed E-state index contributed by atoms with van der Waals surface area (Å²) in [5.74, 6) is -0.520. The van der Waals surface area contributed by atoms with Gasteiger partial charge in [-0.3, -0.25) is 0 Å². The molecule has 0 aromatic heterocycles. The molecule has 0 bridgehead atoms. The molecule has 0 saturated carbocycles. The topological polar surface area (TPSA) is 35.8 Å². The maximum Gasteiger partial charge on any atom is 0.143 e. The van der Waals surface area contributed by atoms with Gasteiger partial charge in [-0.05, 0) is 36.8 Å². The van der Waals surface area contributed by atoms with Crippen molar-refractivity contribution in [2.75, 3.05) is 5.32 Å². The number of nitrogens with zero attached hydrogens (tertiary/aromatic N) is 1. The Bertz CT molecular complexity index is 632. The first-order chi connectivity index (χ1) is 8.61. The first-order valence-electron chi connectivity index (χ1n) is 5.33. The van der Waals surface area contributed by atoms with Crippen LogP contribution in [0.25, 0.3) is 0 Å². The van der Waals surface area contributed by atoms with Gasteiger partial charge in [0.05, 0.1) is 5.69 Å². The van der Waals surface area contributed by atoms with Gasteiger partial charge in [-0.2, -0.15) is 5.26 Å². The minimum Gasteiger partial charge on any atom is -0.354 e. The Morgan fingerprint density at radius 1 is 1.28 bits per heavy atom. The lowest BCUT2D eigenvalue weighted by Crippen LogP contribution is -1.96. The van der Waals surface area contributed by atoms with E-state index in [9.17, 15) is 4.39 Å². The van der Waals surface area contributed by atoms with Gasteiger partial charge >= 0.3 is 0 Å². The fourth-order valence-corrected chi connectivity index (χ4v) is 1.95. The molecule has 0 aliphatic rings. The number of hydrogen-bond donors (Lipinski definition) is 1. The van der Waals surface area contributed by atoms with E-state index in [4.69, 9.17) is 5.26 Å². The molecule has 2 aromatic rings. The normalized spacial score (nSPS) is 9.89. The van der Waals surface area contributed by atoms with E-state index in [1.807, 2.05) is 31.2 Å². The molecular weight excluding hydrogens is 295 g/mol. The lowest BCUT2D eigenvalue weighted by molar-refractivity contribution is 0.624. The van der Waals surface area contributed by atoms with E-state index < -0.39 is 5.82 Å². The van der Waals surface area contributed by atoms with Gasteiger partial charge in [-0.15, -0.1) is 0 Å². The van der Waals surface area contributed by atoms with Crippen molar-refractivity contribution < 1.29 is 4.39 Å². The summed E-state index contributed by atoms with van der Waals surface area (Å²) in [7, 11) is 0. The zero-order valence-corrected chi connectivity index (χ0v) is 11.3. The van der Waals surface area contributed by atoms with Gasteiger partial charge in [-0.1, -0.05) is 28.1 Å². The number of anilines is 2. The summed E-state index contributed by atoms with van der Waals surface area (Å²) in [6.45, 7) is 1.98. The van der Waals surface area contributed by atoms with Gasteiger partial charge in [0.2, 0.25) is 0 Å². The van der Waals surface area contributed by atoms with E-state index in [1.165, 1.54) is 6.07 Å². The first kappa shape index (κ1) is 12.6. The SMILES string of the molecule is Cc1ccc(Nc2cccc(F)c2C#N)cc1Br. The van der Waals surface area contributed by atoms with E-state index >= 15 is 0 Å². The Morgan fingerprint density at radius 2 is 2.06 bits per heavy atom. The van der Waals surface area contributed by atoms with Crippen molar-refractivity contribution in [2.24, 2.45) is 0 Å². The van der Waals surface area contributed by atoms with Crippen molar-refractivity contribution in [3.63, 3.8) is 0 Å². The van der Waals surface area contributed by atoms with Crippen LogP contribution in [0.1, 0.15) is 11.1 Å². The first-order valence-corrected chi connectivity index (χ1v) is 6.13. The molecule has 0 atom stereocenters. The molecule has 0 spiro atoms. The van der Waals surface area contributed by atoms with Crippen molar-refractivity contribution in [1.29, 1.82) is 5.26 Å². The monoisotopic (exact) mass is 304 g/mol. The van der Waals surface area contributed by atoms with Crippen molar-refractivity contribution in [1.82, 2.24) is 0 Å². The molecule has 90 valence electrons. The second-order valence-corrected chi connectivity index (χ2v) is 4.72. The average molecular weight is 305 g/mol. The predicted molar refractivity (Wildman–Crippen MR) is 73.3 cm³/mol. The van der Waals surface area contributed by atoms with Gasteiger partial charge in [0, 0.05) is 10.2 Å². The van der Waals surface area contributed by atoms with Crippen molar-refractivity contribution in [3.8, 4) is 6.07 Å². The highest BCUT2D eigenvalue weighted by Crippen LogP contribution is 2.26. The van der Waals surface area contributed by atoms with Crippen LogP contribution in [-0.4, -0.2) is 0 Å². The average Bonchev–Trinajstić information content (AvgIpc) is 2.34. The molecule has 0 fully saturated rings. The molecule has 0 amide bonds. The summed E-state index contributed by atoms with van der Waals surface area (Å²) in [4.78, 5) is 0. The standard InChI is InChI=1S/C14H10BrFN2/c1-9-5-6-10(7-12(9)15)18-14-4-2-3-13(16)11(14)8-17/h2-7,18H,1H3. The van der Waals surface area contributed by atoms with Crippen LogP contribution in [0.3, 0.4) is 0 Å². The molecule has 18 heavy (non-hydrogen) atoms. The van der Waals surface area contributed by atoms with Crippen molar-refractivity contribution in [3.05, 3.63) is 57.8 Å². The van der Waals surface area contributed by atoms with Crippen molar-refractivity contribution in [2.45, 2.75) is 6.92 Å². The zero-order valence-electron chi connectivity index (χ0n) is 9.67. The fourth-order valence-electron chi connectivity index (χ4n) is 1.57. The number of aryl methyl sites for hydroxylation is 1. The number of rotatable bonds is 2. The van der Waals surface area contributed by atoms with Crippen LogP contribution in [0.5, 0.6) is 0 Å². The van der Waals surface area contributed by atoms with Crippen LogP contribution >= 0.6 is 15.9 Å². The molecule has 0 aliphatic heterocycles. The number of halogens is 2. The van der Waals surface area contributed by atoms with Crippen LogP contribution in [0.2, 0.25) is 0 Å². The van der Waals surface area contributed by atoms with Gasteiger partial charge < -0.3 is 5.32 Å². The third kappa shape index (κ3) is 2.52. The summed E-state index contributed by atoms with van der Waals surface area (Å²) in [6, 6.07) is 12.1. The number of hydrogen-bond acceptors (Lipinski definition) is 2. The van der Waals surface area contributed by atoms with Crippen LogP contribution < -0.4 is 5.32 Å². The second kappa shape index (κ2) is 5.19. The maximum absolute atomic E-state index is 13.4. The van der Waals surface area contributed by atoms with Crippen LogP contribution in [-0.2, 0) is 0 Å². The summed E-state index contributed by atoms with van der Waals surface area (Å²) in [5, 5.41) is 12.0. The molecule has 0 aliphatic carbocycles. The molecule has 0 saturated heterocycles. The molecule has 2 nitrogen and oxygen atoms in total. The Morgan fingerprint density at radius 3 is 2.72 bits per heavy atom.